The SMILES string of the molecule is COC(=O)OC/C=C/c1cccc(C)c1. The van der Waals surface area contributed by atoms with E-state index in [4.69, 9.17) is 4.74 Å². The van der Waals surface area contributed by atoms with Gasteiger partial charge < -0.3 is 9.47 Å². The van der Waals surface area contributed by atoms with E-state index >= 15 is 0 Å². The zero-order valence-electron chi connectivity index (χ0n) is 8.90. The van der Waals surface area contributed by atoms with Gasteiger partial charge >= 0.3 is 6.16 Å². The Hall–Kier alpha value is -1.77. The minimum Gasteiger partial charge on any atom is -0.438 e. The summed E-state index contributed by atoms with van der Waals surface area (Å²) in [7, 11) is 1.28. The van der Waals surface area contributed by atoms with Crippen molar-refractivity contribution in [1.82, 2.24) is 0 Å². The summed E-state index contributed by atoms with van der Waals surface area (Å²) in [5, 5.41) is 0. The molecule has 0 aromatic heterocycles. The lowest BCUT2D eigenvalue weighted by Gasteiger charge is -1.98. The molecule has 0 N–H and O–H groups in total. The molecule has 15 heavy (non-hydrogen) atoms. The fraction of sp³-hybridized carbons (Fsp3) is 0.250. The standard InChI is InChI=1S/C12H14O3/c1-10-5-3-6-11(9-10)7-4-8-15-12(13)14-2/h3-7,9H,8H2,1-2H3/b7-4+. The Labute approximate surface area is 89.3 Å². The molecular formula is C12H14O3. The third-order valence-electron chi connectivity index (χ3n) is 1.82. The van der Waals surface area contributed by atoms with E-state index in [9.17, 15) is 4.79 Å². The summed E-state index contributed by atoms with van der Waals surface area (Å²) in [6, 6.07) is 8.05. The Balaban J connectivity index is 2.41. The molecule has 0 heterocycles. The molecule has 0 aliphatic carbocycles. The second-order valence-electron chi connectivity index (χ2n) is 3.08. The Morgan fingerprint density at radius 1 is 1.47 bits per heavy atom. The number of aryl methyl sites for hydroxylation is 1. The van der Waals surface area contributed by atoms with Gasteiger partial charge in [-0.05, 0) is 18.6 Å². The first kappa shape index (κ1) is 11.3. The van der Waals surface area contributed by atoms with Crippen molar-refractivity contribution in [1.29, 1.82) is 0 Å². The lowest BCUT2D eigenvalue weighted by atomic mass is 10.1. The Bertz CT molecular complexity index is 356. The Morgan fingerprint density at radius 3 is 2.93 bits per heavy atom. The molecule has 0 amide bonds. The highest BCUT2D eigenvalue weighted by Crippen LogP contribution is 2.05. The lowest BCUT2D eigenvalue weighted by molar-refractivity contribution is 0.0819. The van der Waals surface area contributed by atoms with Gasteiger partial charge in [0.2, 0.25) is 0 Å². The summed E-state index contributed by atoms with van der Waals surface area (Å²) in [6.45, 7) is 2.25. The minimum atomic E-state index is -0.663. The quantitative estimate of drug-likeness (QED) is 0.713. The first-order valence-corrected chi connectivity index (χ1v) is 4.66. The van der Waals surface area contributed by atoms with Gasteiger partial charge in [0.25, 0.3) is 0 Å². The van der Waals surface area contributed by atoms with Crippen molar-refractivity contribution < 1.29 is 14.3 Å². The number of ether oxygens (including phenoxy) is 2. The van der Waals surface area contributed by atoms with Gasteiger partial charge in [0.1, 0.15) is 6.61 Å². The smallest absolute Gasteiger partial charge is 0.438 e. The molecule has 0 saturated carbocycles. The number of benzene rings is 1. The highest BCUT2D eigenvalue weighted by atomic mass is 16.7. The van der Waals surface area contributed by atoms with Gasteiger partial charge in [-0.2, -0.15) is 0 Å². The van der Waals surface area contributed by atoms with Crippen molar-refractivity contribution in [3.05, 3.63) is 41.5 Å². The number of carbonyl (C=O) groups excluding carboxylic acids is 1. The van der Waals surface area contributed by atoms with Crippen molar-refractivity contribution in [2.24, 2.45) is 0 Å². The van der Waals surface area contributed by atoms with Crippen LogP contribution in [0.3, 0.4) is 0 Å². The normalized spacial score (nSPS) is 10.3. The summed E-state index contributed by atoms with van der Waals surface area (Å²) in [5.74, 6) is 0. The zero-order chi connectivity index (χ0) is 11.1. The maximum atomic E-state index is 10.6. The second kappa shape index (κ2) is 5.86. The molecule has 0 aliphatic rings. The molecule has 0 unspecified atom stereocenters. The summed E-state index contributed by atoms with van der Waals surface area (Å²) >= 11 is 0. The van der Waals surface area contributed by atoms with E-state index in [-0.39, 0.29) is 6.61 Å². The largest absolute Gasteiger partial charge is 0.508 e. The molecule has 3 nitrogen and oxygen atoms in total. The number of hydrogen-bond acceptors (Lipinski definition) is 3. The third kappa shape index (κ3) is 4.31. The van der Waals surface area contributed by atoms with E-state index in [0.29, 0.717) is 0 Å². The van der Waals surface area contributed by atoms with Gasteiger partial charge in [-0.25, -0.2) is 4.79 Å². The van der Waals surface area contributed by atoms with Crippen molar-refractivity contribution >= 4 is 12.2 Å². The fourth-order valence-electron chi connectivity index (χ4n) is 1.13. The molecule has 0 atom stereocenters. The van der Waals surface area contributed by atoms with E-state index in [0.717, 1.165) is 5.56 Å². The highest BCUT2D eigenvalue weighted by molar-refractivity contribution is 5.60. The molecule has 0 saturated heterocycles. The van der Waals surface area contributed by atoms with Crippen LogP contribution >= 0.6 is 0 Å². The number of methoxy groups -OCH3 is 1. The molecule has 1 aromatic carbocycles. The lowest BCUT2D eigenvalue weighted by Crippen LogP contribution is -2.03. The highest BCUT2D eigenvalue weighted by Gasteiger charge is 1.95. The van der Waals surface area contributed by atoms with Crippen LogP contribution in [0.2, 0.25) is 0 Å². The van der Waals surface area contributed by atoms with Crippen LogP contribution in [0.5, 0.6) is 0 Å². The van der Waals surface area contributed by atoms with E-state index in [1.54, 1.807) is 6.08 Å². The van der Waals surface area contributed by atoms with Gasteiger partial charge in [0, 0.05) is 0 Å². The molecule has 0 fully saturated rings. The first-order chi connectivity index (χ1) is 7.22. The van der Waals surface area contributed by atoms with Crippen LogP contribution in [0.15, 0.2) is 30.3 Å². The maximum absolute atomic E-state index is 10.6. The van der Waals surface area contributed by atoms with Crippen LogP contribution in [0.25, 0.3) is 6.08 Å². The monoisotopic (exact) mass is 206 g/mol. The van der Waals surface area contributed by atoms with Crippen molar-refractivity contribution in [2.75, 3.05) is 13.7 Å². The average Bonchev–Trinajstić information content (AvgIpc) is 2.24. The number of rotatable bonds is 3. The first-order valence-electron chi connectivity index (χ1n) is 4.66. The average molecular weight is 206 g/mol. The summed E-state index contributed by atoms with van der Waals surface area (Å²) in [5.41, 5.74) is 2.29. The molecule has 3 heteroatoms. The molecule has 0 bridgehead atoms. The topological polar surface area (TPSA) is 35.5 Å². The molecular weight excluding hydrogens is 192 g/mol. The minimum absolute atomic E-state index is 0.223. The molecule has 1 aromatic rings. The van der Waals surface area contributed by atoms with E-state index in [1.807, 2.05) is 31.2 Å². The van der Waals surface area contributed by atoms with Crippen molar-refractivity contribution in [3.8, 4) is 0 Å². The van der Waals surface area contributed by atoms with Crippen molar-refractivity contribution in [2.45, 2.75) is 6.92 Å². The van der Waals surface area contributed by atoms with Crippen LogP contribution in [0.1, 0.15) is 11.1 Å². The number of carbonyl (C=O) groups is 1. The van der Waals surface area contributed by atoms with Crippen LogP contribution < -0.4 is 0 Å². The van der Waals surface area contributed by atoms with E-state index in [2.05, 4.69) is 10.8 Å². The molecule has 80 valence electrons. The van der Waals surface area contributed by atoms with Gasteiger partial charge in [0.05, 0.1) is 7.11 Å². The molecule has 0 aliphatic heterocycles. The van der Waals surface area contributed by atoms with Gasteiger partial charge in [-0.15, -0.1) is 0 Å². The Morgan fingerprint density at radius 2 is 2.27 bits per heavy atom. The predicted molar refractivity (Wildman–Crippen MR) is 58.6 cm³/mol. The predicted octanol–water partition coefficient (Wildman–Crippen LogP) is 2.79. The van der Waals surface area contributed by atoms with Gasteiger partial charge in [0.15, 0.2) is 0 Å². The van der Waals surface area contributed by atoms with Crippen LogP contribution in [-0.2, 0) is 9.47 Å². The van der Waals surface area contributed by atoms with E-state index in [1.165, 1.54) is 12.7 Å². The molecule has 0 radical (unpaired) electrons. The number of hydrogen-bond donors (Lipinski definition) is 0. The molecule has 0 spiro atoms. The van der Waals surface area contributed by atoms with E-state index < -0.39 is 6.16 Å². The van der Waals surface area contributed by atoms with Crippen LogP contribution in [-0.4, -0.2) is 19.9 Å². The van der Waals surface area contributed by atoms with Crippen LogP contribution in [0, 0.1) is 6.92 Å². The summed E-state index contributed by atoms with van der Waals surface area (Å²) in [6.07, 6.45) is 3.01. The maximum Gasteiger partial charge on any atom is 0.508 e. The Kier molecular flexibility index (Phi) is 4.41. The summed E-state index contributed by atoms with van der Waals surface area (Å²) < 4.78 is 9.02. The van der Waals surface area contributed by atoms with Crippen LogP contribution in [0.4, 0.5) is 4.79 Å². The zero-order valence-corrected chi connectivity index (χ0v) is 8.90. The van der Waals surface area contributed by atoms with Gasteiger partial charge in [-0.3, -0.25) is 0 Å². The fourth-order valence-corrected chi connectivity index (χ4v) is 1.13. The summed E-state index contributed by atoms with van der Waals surface area (Å²) in [4.78, 5) is 10.6. The molecule has 1 rings (SSSR count). The third-order valence-corrected chi connectivity index (χ3v) is 1.82. The second-order valence-corrected chi connectivity index (χ2v) is 3.08. The van der Waals surface area contributed by atoms with Gasteiger partial charge in [-0.1, -0.05) is 35.9 Å². The van der Waals surface area contributed by atoms with Crippen molar-refractivity contribution in [3.63, 3.8) is 0 Å².